The van der Waals surface area contributed by atoms with Crippen LogP contribution >= 0.6 is 0 Å². The van der Waals surface area contributed by atoms with Crippen molar-refractivity contribution < 1.29 is 0 Å². The van der Waals surface area contributed by atoms with Gasteiger partial charge in [-0.25, -0.2) is 0 Å². The van der Waals surface area contributed by atoms with Gasteiger partial charge >= 0.3 is 0 Å². The molecule has 10 aromatic rings. The van der Waals surface area contributed by atoms with Gasteiger partial charge in [-0.2, -0.15) is 0 Å². The normalized spacial score (nSPS) is 13.3. The SMILES string of the molecule is C1=Cc2ccccc2C2(c3ccccc31)c1ccccc1-c1c(N(c3ccc4c(c3)-c3ccccc3N(c3ccccc3)c3ccccc3-4)c3ccccc3-c3ccccc3)cccc12. The molecule has 0 atom stereocenters. The highest BCUT2D eigenvalue weighted by Gasteiger charge is 2.49. The second-order valence-electron chi connectivity index (χ2n) is 17.2. The monoisotopic (exact) mass is 826 g/mol. The van der Waals surface area contributed by atoms with Gasteiger partial charge in [-0.15, -0.1) is 0 Å². The van der Waals surface area contributed by atoms with E-state index in [1.54, 1.807) is 0 Å². The summed E-state index contributed by atoms with van der Waals surface area (Å²) < 4.78 is 0. The summed E-state index contributed by atoms with van der Waals surface area (Å²) in [7, 11) is 0. The van der Waals surface area contributed by atoms with Gasteiger partial charge in [0.05, 0.1) is 28.2 Å². The smallest absolute Gasteiger partial charge is 0.0725 e. The fraction of sp³-hybridized carbons (Fsp3) is 0.0159. The zero-order valence-corrected chi connectivity index (χ0v) is 35.6. The standard InChI is InChI=1S/C63H42N2/c1-3-20-43(21-4-1)48-26-10-16-34-58(48)65(47-40-41-49-50-27-11-17-35-59(50)64(46-24-5-2-6-25-46)60-36-18-12-28-51(60)53(49)42-47)61-37-19-33-57-62(61)52-29-9-15-32-56(52)63(57)54-30-13-7-22-44(54)38-39-45-23-8-14-31-55(45)63/h1-42H. The quantitative estimate of drug-likeness (QED) is 0.171. The maximum absolute atomic E-state index is 2.54. The van der Waals surface area contributed by atoms with E-state index in [9.17, 15) is 0 Å². The van der Waals surface area contributed by atoms with Crippen LogP contribution in [0.3, 0.4) is 0 Å². The van der Waals surface area contributed by atoms with E-state index < -0.39 is 5.41 Å². The Labute approximate surface area is 380 Å². The molecule has 3 aliphatic rings. The molecule has 304 valence electrons. The highest BCUT2D eigenvalue weighted by atomic mass is 15.2. The number of nitrogens with zero attached hydrogens (tertiary/aromatic N) is 2. The first-order valence-electron chi connectivity index (χ1n) is 22.5. The van der Waals surface area contributed by atoms with Crippen LogP contribution in [0.15, 0.2) is 243 Å². The summed E-state index contributed by atoms with van der Waals surface area (Å²) in [6.45, 7) is 0. The minimum absolute atomic E-state index is 0.555. The van der Waals surface area contributed by atoms with Gasteiger partial charge in [0.25, 0.3) is 0 Å². The Kier molecular flexibility index (Phi) is 8.47. The van der Waals surface area contributed by atoms with Crippen LogP contribution in [0.4, 0.5) is 34.1 Å². The minimum Gasteiger partial charge on any atom is -0.309 e. The van der Waals surface area contributed by atoms with Gasteiger partial charge < -0.3 is 9.80 Å². The summed E-state index contributed by atoms with van der Waals surface area (Å²) in [6.07, 6.45) is 4.61. The molecule has 65 heavy (non-hydrogen) atoms. The highest BCUT2D eigenvalue weighted by molar-refractivity contribution is 6.05. The summed E-state index contributed by atoms with van der Waals surface area (Å²) in [5, 5.41) is 0. The zero-order valence-electron chi connectivity index (χ0n) is 35.6. The average molecular weight is 827 g/mol. The maximum Gasteiger partial charge on any atom is 0.0725 e. The van der Waals surface area contributed by atoms with Crippen molar-refractivity contribution >= 4 is 46.3 Å². The van der Waals surface area contributed by atoms with Gasteiger partial charge in [0.1, 0.15) is 0 Å². The number of rotatable bonds is 5. The molecule has 0 radical (unpaired) electrons. The molecule has 0 N–H and O–H groups in total. The third-order valence-corrected chi connectivity index (χ3v) is 13.8. The van der Waals surface area contributed by atoms with Crippen LogP contribution in [0.5, 0.6) is 0 Å². The lowest BCUT2D eigenvalue weighted by atomic mass is 9.66. The molecule has 0 fully saturated rings. The zero-order chi connectivity index (χ0) is 42.9. The van der Waals surface area contributed by atoms with Crippen molar-refractivity contribution in [1.29, 1.82) is 0 Å². The summed E-state index contributed by atoms with van der Waals surface area (Å²) >= 11 is 0. The Hall–Kier alpha value is -8.46. The first-order valence-corrected chi connectivity index (χ1v) is 22.5. The molecular formula is C63H42N2. The second kappa shape index (κ2) is 14.8. The third kappa shape index (κ3) is 5.54. The first-order chi connectivity index (χ1) is 32.3. The van der Waals surface area contributed by atoms with Gasteiger partial charge in [-0.3, -0.25) is 0 Å². The van der Waals surface area contributed by atoms with Crippen LogP contribution in [0, 0.1) is 0 Å². The predicted octanol–water partition coefficient (Wildman–Crippen LogP) is 16.8. The predicted molar refractivity (Wildman–Crippen MR) is 272 cm³/mol. The maximum atomic E-state index is 2.54. The van der Waals surface area contributed by atoms with Crippen molar-refractivity contribution in [1.82, 2.24) is 0 Å². The van der Waals surface area contributed by atoms with E-state index in [-0.39, 0.29) is 0 Å². The molecule has 10 aromatic carbocycles. The molecule has 2 nitrogen and oxygen atoms in total. The molecule has 0 saturated carbocycles. The van der Waals surface area contributed by atoms with E-state index in [0.717, 1.165) is 39.7 Å². The fourth-order valence-corrected chi connectivity index (χ4v) is 11.2. The molecular weight excluding hydrogens is 785 g/mol. The van der Waals surface area contributed by atoms with Crippen LogP contribution < -0.4 is 9.80 Å². The van der Waals surface area contributed by atoms with Crippen LogP contribution in [0.25, 0.3) is 56.7 Å². The van der Waals surface area contributed by atoms with Crippen molar-refractivity contribution in [3.05, 3.63) is 276 Å². The molecule has 2 aliphatic carbocycles. The molecule has 1 aliphatic heterocycles. The molecule has 2 heteroatoms. The van der Waals surface area contributed by atoms with Crippen LogP contribution in [-0.4, -0.2) is 0 Å². The number of anilines is 6. The summed E-state index contributed by atoms with van der Waals surface area (Å²) in [5.74, 6) is 0. The third-order valence-electron chi connectivity index (χ3n) is 13.8. The van der Waals surface area contributed by atoms with Gasteiger partial charge in [0.2, 0.25) is 0 Å². The first kappa shape index (κ1) is 37.1. The molecule has 0 aromatic heterocycles. The van der Waals surface area contributed by atoms with Crippen molar-refractivity contribution in [2.24, 2.45) is 0 Å². The van der Waals surface area contributed by atoms with Gasteiger partial charge in [0.15, 0.2) is 0 Å². The number of hydrogen-bond donors (Lipinski definition) is 0. The van der Waals surface area contributed by atoms with E-state index in [1.807, 2.05) is 0 Å². The van der Waals surface area contributed by atoms with Crippen LogP contribution in [0.1, 0.15) is 33.4 Å². The van der Waals surface area contributed by atoms with Gasteiger partial charge in [-0.1, -0.05) is 206 Å². The van der Waals surface area contributed by atoms with Gasteiger partial charge in [0, 0.05) is 33.6 Å². The van der Waals surface area contributed by atoms with E-state index in [4.69, 9.17) is 0 Å². The van der Waals surface area contributed by atoms with E-state index in [1.165, 1.54) is 72.3 Å². The Bertz CT molecular complexity index is 3460. The van der Waals surface area contributed by atoms with E-state index in [2.05, 4.69) is 265 Å². The lowest BCUT2D eigenvalue weighted by Gasteiger charge is -2.36. The summed E-state index contributed by atoms with van der Waals surface area (Å²) in [4.78, 5) is 4.96. The van der Waals surface area contributed by atoms with Gasteiger partial charge in [-0.05, 0) is 104 Å². The number of fused-ring (bicyclic) bond motifs is 14. The topological polar surface area (TPSA) is 6.48 Å². The van der Waals surface area contributed by atoms with Crippen molar-refractivity contribution in [2.75, 3.05) is 9.80 Å². The Balaban J connectivity index is 1.12. The molecule has 0 saturated heterocycles. The van der Waals surface area contributed by atoms with Crippen molar-refractivity contribution in [3.8, 4) is 44.5 Å². The van der Waals surface area contributed by atoms with Crippen molar-refractivity contribution in [3.63, 3.8) is 0 Å². The highest BCUT2D eigenvalue weighted by Crippen LogP contribution is 2.62. The lowest BCUT2D eigenvalue weighted by Crippen LogP contribution is -2.30. The average Bonchev–Trinajstić information content (AvgIpc) is 3.51. The molecule has 1 heterocycles. The number of benzene rings is 10. The van der Waals surface area contributed by atoms with Crippen LogP contribution in [0.2, 0.25) is 0 Å². The van der Waals surface area contributed by atoms with E-state index >= 15 is 0 Å². The largest absolute Gasteiger partial charge is 0.309 e. The Morgan fingerprint density at radius 2 is 0.831 bits per heavy atom. The Morgan fingerprint density at radius 3 is 1.52 bits per heavy atom. The molecule has 0 amide bonds. The molecule has 0 unspecified atom stereocenters. The second-order valence-corrected chi connectivity index (χ2v) is 17.2. The number of para-hydroxylation sites is 4. The van der Waals surface area contributed by atoms with E-state index in [0.29, 0.717) is 0 Å². The van der Waals surface area contributed by atoms with Crippen molar-refractivity contribution in [2.45, 2.75) is 5.41 Å². The molecule has 1 spiro atoms. The summed E-state index contributed by atoms with van der Waals surface area (Å²) in [6, 6.07) is 89.6. The summed E-state index contributed by atoms with van der Waals surface area (Å²) in [5.41, 5.74) is 23.5. The number of hydrogen-bond acceptors (Lipinski definition) is 2. The molecule has 0 bridgehead atoms. The fourth-order valence-electron chi connectivity index (χ4n) is 11.2. The molecule has 13 rings (SSSR count). The lowest BCUT2D eigenvalue weighted by molar-refractivity contribution is 0.766. The van der Waals surface area contributed by atoms with Crippen LogP contribution in [-0.2, 0) is 5.41 Å². The Morgan fingerprint density at radius 1 is 0.323 bits per heavy atom. The minimum atomic E-state index is -0.555.